The van der Waals surface area contributed by atoms with Crippen LogP contribution < -0.4 is 15.2 Å². The van der Waals surface area contributed by atoms with Crippen molar-refractivity contribution in [2.24, 2.45) is 0 Å². The number of nitrogen functional groups attached to an aromatic ring is 1. The second kappa shape index (κ2) is 8.18. The first-order valence-corrected chi connectivity index (χ1v) is 7.99. The maximum Gasteiger partial charge on any atom is 0.244 e. The number of sulfonamides is 1. The van der Waals surface area contributed by atoms with E-state index in [-0.39, 0.29) is 10.6 Å². The summed E-state index contributed by atoms with van der Waals surface area (Å²) in [6, 6.07) is 4.45. The lowest BCUT2D eigenvalue weighted by Crippen LogP contribution is -2.34. The smallest absolute Gasteiger partial charge is 0.244 e. The van der Waals surface area contributed by atoms with Crippen molar-refractivity contribution in [1.82, 2.24) is 9.62 Å². The molecule has 1 aromatic carbocycles. The van der Waals surface area contributed by atoms with E-state index in [1.807, 2.05) is 11.9 Å². The van der Waals surface area contributed by atoms with Gasteiger partial charge in [-0.15, -0.1) is 0 Å². The lowest BCUT2D eigenvalue weighted by molar-refractivity contribution is 0.162. The normalized spacial score (nSPS) is 11.8. The molecule has 0 amide bonds. The molecule has 0 saturated carbocycles. The molecule has 0 heterocycles. The minimum atomic E-state index is -3.62. The molecule has 0 spiro atoms. The Balaban J connectivity index is 2.66. The molecule has 1 rings (SSSR count). The van der Waals surface area contributed by atoms with Gasteiger partial charge in [0.2, 0.25) is 10.0 Å². The molecule has 1 aromatic rings. The predicted molar refractivity (Wildman–Crippen MR) is 82.0 cm³/mol. The molecule has 8 heteroatoms. The minimum absolute atomic E-state index is 0.0822. The number of ether oxygens (including phenoxy) is 2. The Hall–Kier alpha value is -1.35. The highest BCUT2D eigenvalue weighted by molar-refractivity contribution is 7.89. The quantitative estimate of drug-likeness (QED) is 0.629. The van der Waals surface area contributed by atoms with E-state index in [9.17, 15) is 8.42 Å². The third-order valence-corrected chi connectivity index (χ3v) is 4.44. The molecule has 0 unspecified atom stereocenters. The van der Waals surface area contributed by atoms with Crippen LogP contribution in [0.2, 0.25) is 0 Å². The molecule has 0 aliphatic carbocycles. The molecule has 3 N–H and O–H groups in total. The number of nitrogens with two attached hydrogens (primary N) is 1. The van der Waals surface area contributed by atoms with Gasteiger partial charge in [0, 0.05) is 38.5 Å². The van der Waals surface area contributed by atoms with Crippen LogP contribution in [-0.2, 0) is 14.8 Å². The van der Waals surface area contributed by atoms with Crippen LogP contribution in [0.3, 0.4) is 0 Å². The number of rotatable bonds is 9. The maximum absolute atomic E-state index is 12.2. The predicted octanol–water partition coefficient (Wildman–Crippen LogP) is 0.134. The number of anilines is 1. The first-order chi connectivity index (χ1) is 9.90. The van der Waals surface area contributed by atoms with E-state index in [1.165, 1.54) is 25.3 Å². The molecular formula is C13H23N3O4S. The van der Waals surface area contributed by atoms with Crippen molar-refractivity contribution in [3.63, 3.8) is 0 Å². The molecule has 7 nitrogen and oxygen atoms in total. The maximum atomic E-state index is 12.2. The van der Waals surface area contributed by atoms with Gasteiger partial charge in [0.25, 0.3) is 0 Å². The summed E-state index contributed by atoms with van der Waals surface area (Å²) in [5.74, 6) is 0.232. The molecule has 0 aliphatic rings. The molecule has 0 atom stereocenters. The number of benzene rings is 1. The molecule has 0 aliphatic heterocycles. The molecule has 21 heavy (non-hydrogen) atoms. The average molecular weight is 317 g/mol. The fourth-order valence-corrected chi connectivity index (χ4v) is 2.88. The second-order valence-corrected chi connectivity index (χ2v) is 6.34. The Labute approximate surface area is 126 Å². The van der Waals surface area contributed by atoms with Crippen molar-refractivity contribution in [3.05, 3.63) is 18.2 Å². The van der Waals surface area contributed by atoms with Crippen LogP contribution in [0.4, 0.5) is 5.69 Å². The van der Waals surface area contributed by atoms with Crippen molar-refractivity contribution in [2.75, 3.05) is 53.2 Å². The van der Waals surface area contributed by atoms with Crippen LogP contribution in [0, 0.1) is 0 Å². The third kappa shape index (κ3) is 5.50. The first kappa shape index (κ1) is 17.7. The topological polar surface area (TPSA) is 93.9 Å². The summed E-state index contributed by atoms with van der Waals surface area (Å²) in [6.07, 6.45) is 0. The van der Waals surface area contributed by atoms with E-state index in [1.54, 1.807) is 7.11 Å². The van der Waals surface area contributed by atoms with Gasteiger partial charge in [-0.25, -0.2) is 13.1 Å². The van der Waals surface area contributed by atoms with E-state index in [2.05, 4.69) is 4.72 Å². The number of methoxy groups -OCH3 is 2. The van der Waals surface area contributed by atoms with Crippen molar-refractivity contribution < 1.29 is 17.9 Å². The Morgan fingerprint density at radius 3 is 2.62 bits per heavy atom. The van der Waals surface area contributed by atoms with E-state index >= 15 is 0 Å². The summed E-state index contributed by atoms with van der Waals surface area (Å²) in [7, 11) is 1.31. The number of nitrogens with zero attached hydrogens (tertiary/aromatic N) is 1. The van der Waals surface area contributed by atoms with Gasteiger partial charge in [-0.2, -0.15) is 0 Å². The van der Waals surface area contributed by atoms with E-state index in [0.717, 1.165) is 6.54 Å². The standard InChI is InChI=1S/C13H23N3O4S/c1-16(8-9-19-2)7-6-15-21(17,18)13-5-4-11(14)10-12(13)20-3/h4-5,10,15H,6-9,14H2,1-3H3. The highest BCUT2D eigenvalue weighted by Crippen LogP contribution is 2.25. The van der Waals surface area contributed by atoms with Crippen molar-refractivity contribution in [1.29, 1.82) is 0 Å². The van der Waals surface area contributed by atoms with Gasteiger partial charge >= 0.3 is 0 Å². The van der Waals surface area contributed by atoms with Crippen LogP contribution >= 0.6 is 0 Å². The van der Waals surface area contributed by atoms with Crippen LogP contribution in [0.5, 0.6) is 5.75 Å². The minimum Gasteiger partial charge on any atom is -0.495 e. The number of likely N-dealkylation sites (N-methyl/N-ethyl adjacent to an activating group) is 1. The van der Waals surface area contributed by atoms with Gasteiger partial charge in [0.05, 0.1) is 13.7 Å². The largest absolute Gasteiger partial charge is 0.495 e. The fourth-order valence-electron chi connectivity index (χ4n) is 1.71. The fraction of sp³-hybridized carbons (Fsp3) is 0.538. The zero-order chi connectivity index (χ0) is 15.9. The number of hydrogen-bond donors (Lipinski definition) is 2. The number of nitrogens with one attached hydrogen (secondary N) is 1. The van der Waals surface area contributed by atoms with Crippen LogP contribution in [0.25, 0.3) is 0 Å². The van der Waals surface area contributed by atoms with Gasteiger partial charge in [-0.1, -0.05) is 0 Å². The summed E-state index contributed by atoms with van der Waals surface area (Å²) in [4.78, 5) is 2.06. The van der Waals surface area contributed by atoms with Gasteiger partial charge in [-0.05, 0) is 19.2 Å². The van der Waals surface area contributed by atoms with Crippen LogP contribution in [0.15, 0.2) is 23.1 Å². The van der Waals surface area contributed by atoms with Gasteiger partial charge < -0.3 is 20.1 Å². The Morgan fingerprint density at radius 2 is 2.00 bits per heavy atom. The zero-order valence-electron chi connectivity index (χ0n) is 12.6. The number of hydrogen-bond acceptors (Lipinski definition) is 6. The molecule has 0 aromatic heterocycles. The molecule has 0 fully saturated rings. The van der Waals surface area contributed by atoms with Gasteiger partial charge in [-0.3, -0.25) is 0 Å². The van der Waals surface area contributed by atoms with Crippen LogP contribution in [0.1, 0.15) is 0 Å². The lowest BCUT2D eigenvalue weighted by atomic mass is 10.3. The Morgan fingerprint density at radius 1 is 1.29 bits per heavy atom. The summed E-state index contributed by atoms with van der Waals surface area (Å²) < 4.78 is 37.1. The molecule has 120 valence electrons. The summed E-state index contributed by atoms with van der Waals surface area (Å²) in [5.41, 5.74) is 6.07. The summed E-state index contributed by atoms with van der Waals surface area (Å²) in [6.45, 7) is 2.23. The van der Waals surface area contributed by atoms with E-state index in [4.69, 9.17) is 15.2 Å². The zero-order valence-corrected chi connectivity index (χ0v) is 13.4. The summed E-state index contributed by atoms with van der Waals surface area (Å²) >= 11 is 0. The molecule has 0 radical (unpaired) electrons. The first-order valence-electron chi connectivity index (χ1n) is 6.51. The highest BCUT2D eigenvalue weighted by atomic mass is 32.2. The SMILES string of the molecule is COCCN(C)CCNS(=O)(=O)c1ccc(N)cc1OC. The van der Waals surface area contributed by atoms with Crippen molar-refractivity contribution in [2.45, 2.75) is 4.90 Å². The molecular weight excluding hydrogens is 294 g/mol. The second-order valence-electron chi connectivity index (χ2n) is 4.60. The van der Waals surface area contributed by atoms with Gasteiger partial charge in [0.15, 0.2) is 0 Å². The highest BCUT2D eigenvalue weighted by Gasteiger charge is 2.19. The summed E-state index contributed by atoms with van der Waals surface area (Å²) in [5, 5.41) is 0. The average Bonchev–Trinajstić information content (AvgIpc) is 2.44. The molecule has 0 bridgehead atoms. The van der Waals surface area contributed by atoms with E-state index < -0.39 is 10.0 Å². The third-order valence-electron chi connectivity index (χ3n) is 2.94. The Kier molecular flexibility index (Phi) is 6.90. The lowest BCUT2D eigenvalue weighted by Gasteiger charge is -2.17. The van der Waals surface area contributed by atoms with E-state index in [0.29, 0.717) is 25.4 Å². The van der Waals surface area contributed by atoms with Crippen molar-refractivity contribution >= 4 is 15.7 Å². The monoisotopic (exact) mass is 317 g/mol. The Bertz CT molecular complexity index is 548. The molecule has 0 saturated heterocycles. The van der Waals surface area contributed by atoms with Crippen LogP contribution in [-0.4, -0.2) is 60.8 Å². The van der Waals surface area contributed by atoms with Crippen molar-refractivity contribution in [3.8, 4) is 5.75 Å². The van der Waals surface area contributed by atoms with Gasteiger partial charge in [0.1, 0.15) is 10.6 Å².